The van der Waals surface area contributed by atoms with Crippen LogP contribution in [-0.2, 0) is 5.41 Å². The van der Waals surface area contributed by atoms with Crippen molar-refractivity contribution in [1.82, 2.24) is 0 Å². The monoisotopic (exact) mass is 276 g/mol. The van der Waals surface area contributed by atoms with E-state index >= 15 is 0 Å². The van der Waals surface area contributed by atoms with Gasteiger partial charge in [-0.2, -0.15) is 0 Å². The lowest BCUT2D eigenvalue weighted by Crippen LogP contribution is -2.27. The van der Waals surface area contributed by atoms with Crippen molar-refractivity contribution in [2.24, 2.45) is 0 Å². The van der Waals surface area contributed by atoms with Crippen LogP contribution in [0.25, 0.3) is 0 Å². The van der Waals surface area contributed by atoms with Crippen LogP contribution >= 0.6 is 0 Å². The highest BCUT2D eigenvalue weighted by molar-refractivity contribution is 5.53. The van der Waals surface area contributed by atoms with Gasteiger partial charge in [-0.3, -0.25) is 0 Å². The first-order valence-corrected chi connectivity index (χ1v) is 7.43. The molecule has 0 saturated carbocycles. The largest absolute Gasteiger partial charge is 0.0991 e. The first-order valence-electron chi connectivity index (χ1n) is 7.43. The van der Waals surface area contributed by atoms with Gasteiger partial charge in [0.25, 0.3) is 0 Å². The van der Waals surface area contributed by atoms with Gasteiger partial charge in [0.05, 0.1) is 0 Å². The van der Waals surface area contributed by atoms with E-state index in [-0.39, 0.29) is 5.41 Å². The second-order valence-electron chi connectivity index (χ2n) is 5.84. The molecule has 0 aliphatic carbocycles. The quantitative estimate of drug-likeness (QED) is 0.624. The van der Waals surface area contributed by atoms with Gasteiger partial charge in [-0.05, 0) is 49.9 Å². The third-order valence-electron chi connectivity index (χ3n) is 4.49. The Bertz CT molecular complexity index is 641. The lowest BCUT2D eigenvalue weighted by molar-refractivity contribution is 0.663. The maximum absolute atomic E-state index is 3.87. The lowest BCUT2D eigenvalue weighted by atomic mass is 9.68. The van der Waals surface area contributed by atoms with E-state index < -0.39 is 0 Å². The SMILES string of the molecule is C=C/C=C(\C)C(C)(c1ccccc1)c1c(C)cccc1C. The Hall–Kier alpha value is -2.08. The van der Waals surface area contributed by atoms with Crippen LogP contribution in [0.2, 0.25) is 0 Å². The van der Waals surface area contributed by atoms with E-state index in [9.17, 15) is 0 Å². The molecule has 1 atom stereocenters. The molecule has 0 aliphatic heterocycles. The summed E-state index contributed by atoms with van der Waals surface area (Å²) in [4.78, 5) is 0. The summed E-state index contributed by atoms with van der Waals surface area (Å²) in [6.07, 6.45) is 4.00. The molecule has 0 heterocycles. The Morgan fingerprint density at radius 2 is 1.52 bits per heavy atom. The summed E-state index contributed by atoms with van der Waals surface area (Å²) in [6.45, 7) is 12.8. The molecule has 2 aromatic rings. The standard InChI is InChI=1S/C21H24/c1-6-11-18(4)21(5,19-14-8-7-9-15-19)20-16(2)12-10-13-17(20)3/h6-15H,1H2,2-5H3/b18-11+. The highest BCUT2D eigenvalue weighted by Crippen LogP contribution is 2.41. The summed E-state index contributed by atoms with van der Waals surface area (Å²) in [7, 11) is 0. The molecule has 1 unspecified atom stereocenters. The van der Waals surface area contributed by atoms with Crippen LogP contribution in [0, 0.1) is 13.8 Å². The third-order valence-corrected chi connectivity index (χ3v) is 4.49. The van der Waals surface area contributed by atoms with Crippen LogP contribution in [0.15, 0.2) is 72.8 Å². The van der Waals surface area contributed by atoms with Gasteiger partial charge in [0.2, 0.25) is 0 Å². The predicted molar refractivity (Wildman–Crippen MR) is 92.8 cm³/mol. The normalized spacial score (nSPS) is 14.6. The molecule has 2 aromatic carbocycles. The van der Waals surface area contributed by atoms with Gasteiger partial charge < -0.3 is 0 Å². The fourth-order valence-corrected chi connectivity index (χ4v) is 3.29. The van der Waals surface area contributed by atoms with Crippen LogP contribution in [0.5, 0.6) is 0 Å². The molecule has 0 heteroatoms. The van der Waals surface area contributed by atoms with E-state index in [1.807, 2.05) is 6.08 Å². The lowest BCUT2D eigenvalue weighted by Gasteiger charge is -2.35. The Kier molecular flexibility index (Phi) is 4.47. The van der Waals surface area contributed by atoms with Crippen molar-refractivity contribution in [3.05, 3.63) is 95.1 Å². The molecular formula is C21H24. The highest BCUT2D eigenvalue weighted by Gasteiger charge is 2.33. The molecule has 21 heavy (non-hydrogen) atoms. The molecule has 2 rings (SSSR count). The Balaban J connectivity index is 2.80. The number of allylic oxidation sites excluding steroid dienone is 3. The van der Waals surface area contributed by atoms with E-state index in [4.69, 9.17) is 0 Å². The first-order chi connectivity index (χ1) is 10.0. The molecule has 108 valence electrons. The molecule has 0 fully saturated rings. The van der Waals surface area contributed by atoms with E-state index in [1.165, 1.54) is 27.8 Å². The summed E-state index contributed by atoms with van der Waals surface area (Å²) in [6, 6.07) is 17.3. The second-order valence-corrected chi connectivity index (χ2v) is 5.84. The minimum absolute atomic E-state index is 0.134. The molecule has 0 radical (unpaired) electrons. The highest BCUT2D eigenvalue weighted by atomic mass is 14.4. The van der Waals surface area contributed by atoms with Crippen LogP contribution in [0.1, 0.15) is 36.1 Å². The maximum Gasteiger partial charge on any atom is 0.0388 e. The maximum atomic E-state index is 3.87. The van der Waals surface area contributed by atoms with Crippen LogP contribution < -0.4 is 0 Å². The molecule has 0 aliphatic rings. The van der Waals surface area contributed by atoms with Crippen molar-refractivity contribution in [2.45, 2.75) is 33.1 Å². The van der Waals surface area contributed by atoms with Crippen molar-refractivity contribution in [1.29, 1.82) is 0 Å². The summed E-state index contributed by atoms with van der Waals surface area (Å²) >= 11 is 0. The van der Waals surface area contributed by atoms with Crippen LogP contribution in [0.4, 0.5) is 0 Å². The average molecular weight is 276 g/mol. The molecule has 0 aromatic heterocycles. The summed E-state index contributed by atoms with van der Waals surface area (Å²) in [5.74, 6) is 0. The third kappa shape index (κ3) is 2.71. The Morgan fingerprint density at radius 3 is 2.05 bits per heavy atom. The number of aryl methyl sites for hydroxylation is 2. The summed E-state index contributed by atoms with van der Waals surface area (Å²) in [5, 5.41) is 0. The van der Waals surface area contributed by atoms with Gasteiger partial charge in [-0.25, -0.2) is 0 Å². The van der Waals surface area contributed by atoms with Gasteiger partial charge in [0.1, 0.15) is 0 Å². The zero-order chi connectivity index (χ0) is 15.5. The van der Waals surface area contributed by atoms with Gasteiger partial charge in [0.15, 0.2) is 0 Å². The van der Waals surface area contributed by atoms with Crippen LogP contribution in [-0.4, -0.2) is 0 Å². The van der Waals surface area contributed by atoms with E-state index in [1.54, 1.807) is 0 Å². The van der Waals surface area contributed by atoms with Crippen molar-refractivity contribution in [2.75, 3.05) is 0 Å². The van der Waals surface area contributed by atoms with E-state index in [0.29, 0.717) is 0 Å². The summed E-state index contributed by atoms with van der Waals surface area (Å²) < 4.78 is 0. The predicted octanol–water partition coefficient (Wildman–Crippen LogP) is 5.74. The molecule has 0 amide bonds. The molecular weight excluding hydrogens is 252 g/mol. The minimum Gasteiger partial charge on any atom is -0.0991 e. The van der Waals surface area contributed by atoms with Crippen molar-refractivity contribution in [3.63, 3.8) is 0 Å². The first kappa shape index (κ1) is 15.3. The van der Waals surface area contributed by atoms with Crippen LogP contribution in [0.3, 0.4) is 0 Å². The second kappa shape index (κ2) is 6.13. The topological polar surface area (TPSA) is 0 Å². The van der Waals surface area contributed by atoms with Gasteiger partial charge >= 0.3 is 0 Å². The fourth-order valence-electron chi connectivity index (χ4n) is 3.29. The number of hydrogen-bond donors (Lipinski definition) is 0. The number of rotatable bonds is 4. The van der Waals surface area contributed by atoms with Gasteiger partial charge in [-0.1, -0.05) is 72.8 Å². The molecule has 0 nitrogen and oxygen atoms in total. The molecule has 0 spiro atoms. The van der Waals surface area contributed by atoms with Gasteiger partial charge in [0, 0.05) is 5.41 Å². The zero-order valence-electron chi connectivity index (χ0n) is 13.5. The van der Waals surface area contributed by atoms with Crippen molar-refractivity contribution >= 4 is 0 Å². The summed E-state index contributed by atoms with van der Waals surface area (Å²) in [5.41, 5.74) is 6.55. The molecule has 0 N–H and O–H groups in total. The Morgan fingerprint density at radius 1 is 0.952 bits per heavy atom. The van der Waals surface area contributed by atoms with Crippen molar-refractivity contribution in [3.8, 4) is 0 Å². The van der Waals surface area contributed by atoms with E-state index in [0.717, 1.165) is 0 Å². The van der Waals surface area contributed by atoms with E-state index in [2.05, 4.69) is 88.9 Å². The average Bonchev–Trinajstić information content (AvgIpc) is 2.48. The fraction of sp³-hybridized carbons (Fsp3) is 0.238. The zero-order valence-corrected chi connectivity index (χ0v) is 13.5. The van der Waals surface area contributed by atoms with Crippen molar-refractivity contribution < 1.29 is 0 Å². The van der Waals surface area contributed by atoms with Gasteiger partial charge in [-0.15, -0.1) is 0 Å². The number of hydrogen-bond acceptors (Lipinski definition) is 0. The molecule has 0 saturated heterocycles. The smallest absolute Gasteiger partial charge is 0.0388 e. The molecule has 0 bridgehead atoms. The Labute approximate surface area is 128 Å². The minimum atomic E-state index is -0.134. The number of benzene rings is 2.